The van der Waals surface area contributed by atoms with E-state index in [4.69, 9.17) is 11.1 Å². The van der Waals surface area contributed by atoms with Crippen LogP contribution in [0.1, 0.15) is 35.4 Å². The molecule has 1 fully saturated rings. The van der Waals surface area contributed by atoms with Gasteiger partial charge in [-0.05, 0) is 62.0 Å². The van der Waals surface area contributed by atoms with E-state index in [-0.39, 0.29) is 0 Å². The molecule has 1 aliphatic heterocycles. The van der Waals surface area contributed by atoms with Gasteiger partial charge in [-0.15, -0.1) is 0 Å². The lowest BCUT2D eigenvalue weighted by molar-refractivity contribution is 0.459. The van der Waals surface area contributed by atoms with Crippen LogP contribution in [0.25, 0.3) is 0 Å². The standard InChI is InChI=1S/C13H19N3/c1-9-6-11(8-14)13(15)7-12(9)10-2-4-16-5-3-10/h6-8,10,14,16H,2-5,15H2,1H3. The molecular weight excluding hydrogens is 198 g/mol. The summed E-state index contributed by atoms with van der Waals surface area (Å²) in [6.45, 7) is 4.30. The van der Waals surface area contributed by atoms with Gasteiger partial charge in [-0.2, -0.15) is 0 Å². The Morgan fingerprint density at radius 1 is 1.38 bits per heavy atom. The summed E-state index contributed by atoms with van der Waals surface area (Å²) in [7, 11) is 0. The first kappa shape index (κ1) is 11.1. The fourth-order valence-electron chi connectivity index (χ4n) is 2.46. The van der Waals surface area contributed by atoms with Crippen molar-refractivity contribution in [2.24, 2.45) is 0 Å². The molecule has 16 heavy (non-hydrogen) atoms. The second-order valence-electron chi connectivity index (χ2n) is 4.51. The van der Waals surface area contributed by atoms with E-state index in [2.05, 4.69) is 18.3 Å². The number of nitrogen functional groups attached to an aromatic ring is 1. The van der Waals surface area contributed by atoms with Crippen LogP contribution in [0.2, 0.25) is 0 Å². The smallest absolute Gasteiger partial charge is 0.0406 e. The minimum absolute atomic E-state index is 0.628. The molecule has 0 atom stereocenters. The molecular formula is C13H19N3. The van der Waals surface area contributed by atoms with Gasteiger partial charge in [-0.1, -0.05) is 0 Å². The van der Waals surface area contributed by atoms with E-state index in [1.54, 1.807) is 0 Å². The lowest BCUT2D eigenvalue weighted by atomic mass is 9.86. The van der Waals surface area contributed by atoms with E-state index in [0.717, 1.165) is 24.3 Å². The van der Waals surface area contributed by atoms with E-state index in [1.807, 2.05) is 6.07 Å². The van der Waals surface area contributed by atoms with Gasteiger partial charge in [0, 0.05) is 17.5 Å². The van der Waals surface area contributed by atoms with Crippen LogP contribution in [-0.2, 0) is 0 Å². The number of piperidine rings is 1. The highest BCUT2D eigenvalue weighted by Gasteiger charge is 2.17. The van der Waals surface area contributed by atoms with Crippen molar-refractivity contribution in [2.45, 2.75) is 25.7 Å². The van der Waals surface area contributed by atoms with Crippen molar-refractivity contribution in [3.8, 4) is 0 Å². The number of hydrogen-bond donors (Lipinski definition) is 3. The van der Waals surface area contributed by atoms with Crippen LogP contribution in [0.15, 0.2) is 12.1 Å². The van der Waals surface area contributed by atoms with Crippen LogP contribution in [0.5, 0.6) is 0 Å². The SMILES string of the molecule is Cc1cc(C=N)c(N)cc1C1CCNCC1. The summed E-state index contributed by atoms with van der Waals surface area (Å²) in [4.78, 5) is 0. The molecule has 2 rings (SSSR count). The van der Waals surface area contributed by atoms with Crippen molar-refractivity contribution >= 4 is 11.9 Å². The largest absolute Gasteiger partial charge is 0.398 e. The van der Waals surface area contributed by atoms with Crippen molar-refractivity contribution in [1.29, 1.82) is 5.41 Å². The Kier molecular flexibility index (Phi) is 3.25. The molecule has 0 aromatic heterocycles. The van der Waals surface area contributed by atoms with E-state index in [9.17, 15) is 0 Å². The second kappa shape index (κ2) is 4.66. The molecule has 0 aliphatic carbocycles. The average molecular weight is 217 g/mol. The predicted octanol–water partition coefficient (Wildman–Crippen LogP) is 2.04. The van der Waals surface area contributed by atoms with E-state index in [1.165, 1.54) is 30.2 Å². The van der Waals surface area contributed by atoms with Gasteiger partial charge < -0.3 is 16.5 Å². The quantitative estimate of drug-likeness (QED) is 0.524. The van der Waals surface area contributed by atoms with Gasteiger partial charge in [0.15, 0.2) is 0 Å². The molecule has 1 aliphatic rings. The molecule has 3 heteroatoms. The van der Waals surface area contributed by atoms with E-state index >= 15 is 0 Å². The Labute approximate surface area is 96.6 Å². The van der Waals surface area contributed by atoms with Crippen LogP contribution in [0, 0.1) is 12.3 Å². The first-order valence-electron chi connectivity index (χ1n) is 5.83. The Balaban J connectivity index is 2.33. The summed E-state index contributed by atoms with van der Waals surface area (Å²) in [5.74, 6) is 0.628. The molecule has 0 spiro atoms. The molecule has 1 saturated heterocycles. The molecule has 4 N–H and O–H groups in total. The Bertz CT molecular complexity index is 392. The second-order valence-corrected chi connectivity index (χ2v) is 4.51. The van der Waals surface area contributed by atoms with Gasteiger partial charge in [-0.3, -0.25) is 0 Å². The van der Waals surface area contributed by atoms with Gasteiger partial charge >= 0.3 is 0 Å². The summed E-state index contributed by atoms with van der Waals surface area (Å²) >= 11 is 0. The van der Waals surface area contributed by atoms with E-state index < -0.39 is 0 Å². The fraction of sp³-hybridized carbons (Fsp3) is 0.462. The highest BCUT2D eigenvalue weighted by Crippen LogP contribution is 2.30. The molecule has 1 heterocycles. The minimum Gasteiger partial charge on any atom is -0.398 e. The van der Waals surface area contributed by atoms with Crippen molar-refractivity contribution in [2.75, 3.05) is 18.8 Å². The topological polar surface area (TPSA) is 61.9 Å². The van der Waals surface area contributed by atoms with Crippen molar-refractivity contribution in [3.05, 3.63) is 28.8 Å². The van der Waals surface area contributed by atoms with Crippen LogP contribution in [0.3, 0.4) is 0 Å². The Morgan fingerprint density at radius 2 is 2.06 bits per heavy atom. The van der Waals surface area contributed by atoms with Gasteiger partial charge in [0.1, 0.15) is 0 Å². The van der Waals surface area contributed by atoms with Crippen molar-refractivity contribution in [3.63, 3.8) is 0 Å². The van der Waals surface area contributed by atoms with Gasteiger partial charge in [0.05, 0.1) is 0 Å². The third-order valence-electron chi connectivity index (χ3n) is 3.41. The number of nitrogens with two attached hydrogens (primary N) is 1. The summed E-state index contributed by atoms with van der Waals surface area (Å²) in [5.41, 5.74) is 10.1. The summed E-state index contributed by atoms with van der Waals surface area (Å²) < 4.78 is 0. The van der Waals surface area contributed by atoms with E-state index in [0.29, 0.717) is 5.92 Å². The molecule has 0 radical (unpaired) electrons. The first-order valence-corrected chi connectivity index (χ1v) is 5.83. The molecule has 0 unspecified atom stereocenters. The minimum atomic E-state index is 0.628. The Hall–Kier alpha value is -1.35. The predicted molar refractivity (Wildman–Crippen MR) is 68.3 cm³/mol. The van der Waals surface area contributed by atoms with Crippen LogP contribution in [-0.4, -0.2) is 19.3 Å². The van der Waals surface area contributed by atoms with Gasteiger partial charge in [0.2, 0.25) is 0 Å². The van der Waals surface area contributed by atoms with Crippen LogP contribution >= 0.6 is 0 Å². The number of rotatable bonds is 2. The maximum atomic E-state index is 7.28. The Morgan fingerprint density at radius 3 is 2.69 bits per heavy atom. The molecule has 3 nitrogen and oxygen atoms in total. The zero-order valence-corrected chi connectivity index (χ0v) is 9.72. The third-order valence-corrected chi connectivity index (χ3v) is 3.41. The average Bonchev–Trinajstić information content (AvgIpc) is 2.32. The normalized spacial score (nSPS) is 17.3. The monoisotopic (exact) mass is 217 g/mol. The zero-order valence-electron chi connectivity index (χ0n) is 9.72. The van der Waals surface area contributed by atoms with Crippen LogP contribution in [0.4, 0.5) is 5.69 Å². The summed E-state index contributed by atoms with van der Waals surface area (Å²) in [6, 6.07) is 4.09. The number of nitrogens with one attached hydrogen (secondary N) is 2. The number of anilines is 1. The number of benzene rings is 1. The molecule has 0 bridgehead atoms. The highest BCUT2D eigenvalue weighted by molar-refractivity contribution is 5.85. The highest BCUT2D eigenvalue weighted by atomic mass is 14.9. The first-order chi connectivity index (χ1) is 7.72. The zero-order chi connectivity index (χ0) is 11.5. The molecule has 1 aromatic rings. The lowest BCUT2D eigenvalue weighted by Gasteiger charge is -2.25. The van der Waals surface area contributed by atoms with Gasteiger partial charge in [0.25, 0.3) is 0 Å². The van der Waals surface area contributed by atoms with Crippen LogP contribution < -0.4 is 11.1 Å². The lowest BCUT2D eigenvalue weighted by Crippen LogP contribution is -2.27. The summed E-state index contributed by atoms with van der Waals surface area (Å²) in [6.07, 6.45) is 3.70. The number of aryl methyl sites for hydroxylation is 1. The number of hydrogen-bond acceptors (Lipinski definition) is 3. The molecule has 1 aromatic carbocycles. The third kappa shape index (κ3) is 2.09. The maximum absolute atomic E-state index is 7.28. The fourth-order valence-corrected chi connectivity index (χ4v) is 2.46. The molecule has 0 saturated carbocycles. The van der Waals surface area contributed by atoms with Gasteiger partial charge in [-0.25, -0.2) is 0 Å². The van der Waals surface area contributed by atoms with Crippen molar-refractivity contribution in [1.82, 2.24) is 5.32 Å². The maximum Gasteiger partial charge on any atom is 0.0406 e. The molecule has 0 amide bonds. The van der Waals surface area contributed by atoms with Crippen molar-refractivity contribution < 1.29 is 0 Å². The summed E-state index contributed by atoms with van der Waals surface area (Å²) in [5, 5.41) is 10.7. The molecule has 86 valence electrons.